The number of hydrogen-bond acceptors (Lipinski definition) is 0. The summed E-state index contributed by atoms with van der Waals surface area (Å²) in [6, 6.07) is 0. The van der Waals surface area contributed by atoms with Gasteiger partial charge >= 0.3 is 0 Å². The maximum atomic E-state index is 2.54. The summed E-state index contributed by atoms with van der Waals surface area (Å²) in [6.45, 7) is 19.1. The number of hydrogen-bond donors (Lipinski definition) is 0. The molecule has 0 heterocycles. The van der Waals surface area contributed by atoms with Crippen LogP contribution in [-0.2, 0) is 0 Å². The molecule has 1 aliphatic carbocycles. The first-order chi connectivity index (χ1) is 10.3. The van der Waals surface area contributed by atoms with Crippen molar-refractivity contribution in [3.05, 3.63) is 22.8 Å². The summed E-state index contributed by atoms with van der Waals surface area (Å²) in [5.41, 5.74) is 5.58. The van der Waals surface area contributed by atoms with E-state index in [4.69, 9.17) is 0 Å². The van der Waals surface area contributed by atoms with E-state index in [0.717, 1.165) is 5.92 Å². The maximum Gasteiger partial charge on any atom is 0.00123 e. The molecule has 0 bridgehead atoms. The standard InChI is InChI=1S/C22H40/c1-9-12-14-17(6)20(13-10-2)21(18(7)16(4)5)22(8)15-19(22)11-3/h14,16,19-20H,9-13,15H2,1-8H3. The molecule has 0 aromatic carbocycles. The van der Waals surface area contributed by atoms with E-state index in [1.54, 1.807) is 16.7 Å². The van der Waals surface area contributed by atoms with Gasteiger partial charge in [-0.3, -0.25) is 0 Å². The van der Waals surface area contributed by atoms with E-state index in [-0.39, 0.29) is 0 Å². The van der Waals surface area contributed by atoms with Crippen molar-refractivity contribution in [2.75, 3.05) is 0 Å². The van der Waals surface area contributed by atoms with Gasteiger partial charge in [-0.1, -0.05) is 83.6 Å². The van der Waals surface area contributed by atoms with Crippen LogP contribution in [0.15, 0.2) is 22.8 Å². The maximum absolute atomic E-state index is 2.54. The quantitative estimate of drug-likeness (QED) is 0.385. The van der Waals surface area contributed by atoms with Crippen LogP contribution in [0.4, 0.5) is 0 Å². The van der Waals surface area contributed by atoms with Crippen LogP contribution in [0.2, 0.25) is 0 Å². The normalized spacial score (nSPS) is 27.9. The van der Waals surface area contributed by atoms with Crippen LogP contribution in [0.1, 0.15) is 93.9 Å². The average molecular weight is 305 g/mol. The molecule has 0 radical (unpaired) electrons. The lowest BCUT2D eigenvalue weighted by Crippen LogP contribution is -2.19. The molecule has 0 saturated heterocycles. The van der Waals surface area contributed by atoms with Crippen molar-refractivity contribution >= 4 is 0 Å². The summed E-state index contributed by atoms with van der Waals surface area (Å²) in [5, 5.41) is 0. The topological polar surface area (TPSA) is 0 Å². The molecule has 1 saturated carbocycles. The number of rotatable bonds is 9. The first kappa shape index (κ1) is 19.5. The minimum absolute atomic E-state index is 0.476. The first-order valence-electron chi connectivity index (χ1n) is 9.71. The molecule has 0 aromatic heterocycles. The van der Waals surface area contributed by atoms with Gasteiger partial charge in [-0.05, 0) is 50.4 Å². The molecule has 22 heavy (non-hydrogen) atoms. The Kier molecular flexibility index (Phi) is 7.42. The van der Waals surface area contributed by atoms with E-state index < -0.39 is 0 Å². The van der Waals surface area contributed by atoms with Gasteiger partial charge in [0, 0.05) is 5.92 Å². The molecular formula is C22H40. The van der Waals surface area contributed by atoms with Crippen LogP contribution in [0, 0.1) is 23.2 Å². The zero-order chi connectivity index (χ0) is 16.9. The summed E-state index contributed by atoms with van der Waals surface area (Å²) >= 11 is 0. The zero-order valence-electron chi connectivity index (χ0n) is 16.6. The van der Waals surface area contributed by atoms with Crippen LogP contribution >= 0.6 is 0 Å². The van der Waals surface area contributed by atoms with Crippen LogP contribution in [0.25, 0.3) is 0 Å². The van der Waals surface area contributed by atoms with Crippen molar-refractivity contribution in [1.29, 1.82) is 0 Å². The van der Waals surface area contributed by atoms with Crippen molar-refractivity contribution < 1.29 is 0 Å². The highest BCUT2D eigenvalue weighted by molar-refractivity contribution is 5.36. The third-order valence-electron chi connectivity index (χ3n) is 6.04. The lowest BCUT2D eigenvalue weighted by molar-refractivity contribution is 0.469. The highest BCUT2D eigenvalue weighted by Crippen LogP contribution is 2.63. The summed E-state index contributed by atoms with van der Waals surface area (Å²) in [6.07, 6.45) is 10.3. The fraction of sp³-hybridized carbons (Fsp3) is 0.818. The molecule has 0 nitrogen and oxygen atoms in total. The van der Waals surface area contributed by atoms with Crippen molar-refractivity contribution in [3.8, 4) is 0 Å². The van der Waals surface area contributed by atoms with E-state index >= 15 is 0 Å². The molecule has 0 spiro atoms. The van der Waals surface area contributed by atoms with E-state index in [1.807, 2.05) is 0 Å². The highest BCUT2D eigenvalue weighted by Gasteiger charge is 2.53. The average Bonchev–Trinajstić information content (AvgIpc) is 3.15. The summed E-state index contributed by atoms with van der Waals surface area (Å²) in [7, 11) is 0. The largest absolute Gasteiger partial charge is 0.0850 e. The van der Waals surface area contributed by atoms with Gasteiger partial charge < -0.3 is 0 Å². The van der Waals surface area contributed by atoms with Crippen molar-refractivity contribution in [1.82, 2.24) is 0 Å². The van der Waals surface area contributed by atoms with Crippen molar-refractivity contribution in [2.45, 2.75) is 93.9 Å². The Balaban J connectivity index is 3.26. The van der Waals surface area contributed by atoms with Crippen LogP contribution in [0.5, 0.6) is 0 Å². The number of unbranched alkanes of at least 4 members (excludes halogenated alkanes) is 1. The first-order valence-corrected chi connectivity index (χ1v) is 9.71. The Morgan fingerprint density at radius 3 is 2.18 bits per heavy atom. The Hall–Kier alpha value is -0.520. The van der Waals surface area contributed by atoms with Crippen molar-refractivity contribution in [3.63, 3.8) is 0 Å². The lowest BCUT2D eigenvalue weighted by atomic mass is 9.74. The van der Waals surface area contributed by atoms with Crippen LogP contribution in [0.3, 0.4) is 0 Å². The summed E-state index contributed by atoms with van der Waals surface area (Å²) < 4.78 is 0. The lowest BCUT2D eigenvalue weighted by Gasteiger charge is -2.31. The second-order valence-corrected chi connectivity index (χ2v) is 8.06. The SMILES string of the molecule is CCCC=C(C)C(CCC)C(=C(C)C(C)C)C1(C)CC1CC. The molecule has 3 unspecified atom stereocenters. The van der Waals surface area contributed by atoms with E-state index in [2.05, 4.69) is 61.5 Å². The van der Waals surface area contributed by atoms with Gasteiger partial charge in [-0.2, -0.15) is 0 Å². The molecule has 3 atom stereocenters. The monoisotopic (exact) mass is 304 g/mol. The summed E-state index contributed by atoms with van der Waals surface area (Å²) in [4.78, 5) is 0. The Morgan fingerprint density at radius 1 is 1.14 bits per heavy atom. The minimum atomic E-state index is 0.476. The second-order valence-electron chi connectivity index (χ2n) is 8.06. The van der Waals surface area contributed by atoms with Gasteiger partial charge in [-0.15, -0.1) is 0 Å². The molecular weight excluding hydrogens is 264 g/mol. The Bertz CT molecular complexity index is 410. The van der Waals surface area contributed by atoms with Crippen LogP contribution in [-0.4, -0.2) is 0 Å². The van der Waals surface area contributed by atoms with Crippen LogP contribution < -0.4 is 0 Å². The minimum Gasteiger partial charge on any atom is -0.0850 e. The summed E-state index contributed by atoms with van der Waals surface area (Å²) in [5.74, 6) is 2.26. The molecule has 0 aromatic rings. The van der Waals surface area contributed by atoms with Gasteiger partial charge in [0.05, 0.1) is 0 Å². The van der Waals surface area contributed by atoms with Gasteiger partial charge in [0.25, 0.3) is 0 Å². The fourth-order valence-electron chi connectivity index (χ4n) is 4.21. The Labute approximate surface area is 140 Å². The third-order valence-corrected chi connectivity index (χ3v) is 6.04. The zero-order valence-corrected chi connectivity index (χ0v) is 16.6. The predicted molar refractivity (Wildman–Crippen MR) is 101 cm³/mol. The second kappa shape index (κ2) is 8.37. The van der Waals surface area contributed by atoms with Gasteiger partial charge in [0.2, 0.25) is 0 Å². The highest BCUT2D eigenvalue weighted by atomic mass is 14.6. The molecule has 1 aliphatic rings. The smallest absolute Gasteiger partial charge is 0.00123 e. The molecule has 0 amide bonds. The number of allylic oxidation sites excluding steroid dienone is 4. The fourth-order valence-corrected chi connectivity index (χ4v) is 4.21. The molecule has 1 fully saturated rings. The van der Waals surface area contributed by atoms with Gasteiger partial charge in [0.1, 0.15) is 0 Å². The molecule has 128 valence electrons. The Morgan fingerprint density at radius 2 is 1.77 bits per heavy atom. The molecule has 0 N–H and O–H groups in total. The molecule has 0 heteroatoms. The molecule has 0 aliphatic heterocycles. The van der Waals surface area contributed by atoms with E-state index in [9.17, 15) is 0 Å². The van der Waals surface area contributed by atoms with Gasteiger partial charge in [-0.25, -0.2) is 0 Å². The van der Waals surface area contributed by atoms with Crippen molar-refractivity contribution in [2.24, 2.45) is 23.2 Å². The van der Waals surface area contributed by atoms with Gasteiger partial charge in [0.15, 0.2) is 0 Å². The van der Waals surface area contributed by atoms with E-state index in [1.165, 1.54) is 38.5 Å². The predicted octanol–water partition coefficient (Wildman–Crippen LogP) is 7.56. The van der Waals surface area contributed by atoms with E-state index in [0.29, 0.717) is 17.3 Å². The third kappa shape index (κ3) is 4.27. The molecule has 1 rings (SSSR count).